The summed E-state index contributed by atoms with van der Waals surface area (Å²) in [6.45, 7) is 7.70. The number of para-hydroxylation sites is 1. The van der Waals surface area contributed by atoms with Gasteiger partial charge in [0.15, 0.2) is 10.8 Å². The summed E-state index contributed by atoms with van der Waals surface area (Å²) >= 11 is 1.79. The molecule has 6 heterocycles. The number of rotatable bonds is 8. The SMILES string of the molecule is CN1CCN(c2ncc(CN3CC[C@@H](C(=O)N4CCC(O)(Cn5cnc6c(ccn6-c6ccccc6)c5=O)CC4)[C@H](c4ccccc4)C3)s2)CC1. The minimum Gasteiger partial charge on any atom is -0.388 e. The molecule has 11 nitrogen and oxygen atoms in total. The Kier molecular flexibility index (Phi) is 9.49. The molecule has 3 aromatic heterocycles. The van der Waals surface area contributed by atoms with Gasteiger partial charge < -0.3 is 24.4 Å². The van der Waals surface area contributed by atoms with Crippen molar-refractivity contribution in [2.75, 3.05) is 64.3 Å². The highest BCUT2D eigenvalue weighted by molar-refractivity contribution is 7.15. The van der Waals surface area contributed by atoms with Gasteiger partial charge in [-0.2, -0.15) is 0 Å². The molecule has 0 bridgehead atoms. The number of piperidine rings is 2. The number of hydrogen-bond acceptors (Lipinski definition) is 9. The fraction of sp³-hybridized carbons (Fsp3) is 0.436. The van der Waals surface area contributed by atoms with Crippen molar-refractivity contribution >= 4 is 33.4 Å². The molecular formula is C39H46N8O3S. The van der Waals surface area contributed by atoms with E-state index in [9.17, 15) is 14.7 Å². The zero-order valence-electron chi connectivity index (χ0n) is 29.2. The summed E-state index contributed by atoms with van der Waals surface area (Å²) in [4.78, 5) is 47.5. The van der Waals surface area contributed by atoms with Crippen molar-refractivity contribution in [3.05, 3.63) is 106 Å². The number of nitrogens with zero attached hydrogens (tertiary/aromatic N) is 8. The normalized spacial score (nSPS) is 21.7. The van der Waals surface area contributed by atoms with Gasteiger partial charge in [-0.15, -0.1) is 11.3 Å². The number of carbonyl (C=O) groups excluding carboxylic acids is 1. The fourth-order valence-corrected chi connectivity index (χ4v) is 9.05. The molecule has 3 aliphatic rings. The average Bonchev–Trinajstić information content (AvgIpc) is 3.82. The molecular weight excluding hydrogens is 661 g/mol. The van der Waals surface area contributed by atoms with E-state index in [2.05, 4.69) is 51.0 Å². The predicted molar refractivity (Wildman–Crippen MR) is 200 cm³/mol. The van der Waals surface area contributed by atoms with Gasteiger partial charge in [0, 0.05) is 87.2 Å². The summed E-state index contributed by atoms with van der Waals surface area (Å²) in [7, 11) is 2.17. The van der Waals surface area contributed by atoms with Crippen LogP contribution in [0.3, 0.4) is 0 Å². The first-order valence-corrected chi connectivity index (χ1v) is 18.9. The Morgan fingerprint density at radius 3 is 2.39 bits per heavy atom. The molecule has 3 saturated heterocycles. The highest BCUT2D eigenvalue weighted by Crippen LogP contribution is 2.37. The molecule has 3 aliphatic heterocycles. The van der Waals surface area contributed by atoms with Crippen LogP contribution in [-0.4, -0.2) is 110 Å². The monoisotopic (exact) mass is 706 g/mol. The molecule has 1 N–H and O–H groups in total. The van der Waals surface area contributed by atoms with Crippen molar-refractivity contribution in [3.8, 4) is 5.69 Å². The summed E-state index contributed by atoms with van der Waals surface area (Å²) in [6, 6.07) is 22.1. The van der Waals surface area contributed by atoms with Crippen LogP contribution in [0.4, 0.5) is 5.13 Å². The minimum absolute atomic E-state index is 0.0813. The second-order valence-electron chi connectivity index (χ2n) is 14.5. The molecule has 0 saturated carbocycles. The fourth-order valence-electron chi connectivity index (χ4n) is 8.05. The van der Waals surface area contributed by atoms with Crippen molar-refractivity contribution in [1.82, 2.24) is 33.8 Å². The maximum atomic E-state index is 14.2. The minimum atomic E-state index is -1.10. The smallest absolute Gasteiger partial charge is 0.262 e. The number of anilines is 1. The van der Waals surface area contributed by atoms with E-state index in [0.29, 0.717) is 37.0 Å². The zero-order chi connectivity index (χ0) is 35.0. The van der Waals surface area contributed by atoms with Gasteiger partial charge in [0.2, 0.25) is 5.91 Å². The molecule has 266 valence electrons. The van der Waals surface area contributed by atoms with Crippen LogP contribution in [0.5, 0.6) is 0 Å². The van der Waals surface area contributed by atoms with E-state index in [1.807, 2.05) is 58.3 Å². The standard InChI is InChI=1S/C39H46N8O3S/c1-42-20-22-45(23-21-42)38-40-24-31(51-38)25-43-16-12-32(34(26-43)29-8-4-2-5-9-29)36(48)44-18-14-39(50,15-19-44)27-46-28-41-35-33(37(46)49)13-17-47(35)30-10-6-3-7-11-30/h2-11,13,17,24,28,32,34,50H,12,14-16,18-23,25-27H2,1H3/t32-,34+/m1/s1. The van der Waals surface area contributed by atoms with E-state index < -0.39 is 5.60 Å². The molecule has 0 radical (unpaired) electrons. The number of hydrogen-bond donors (Lipinski definition) is 1. The maximum Gasteiger partial charge on any atom is 0.262 e. The molecule has 2 atom stereocenters. The summed E-state index contributed by atoms with van der Waals surface area (Å²) in [6.07, 6.45) is 7.03. The average molecular weight is 707 g/mol. The highest BCUT2D eigenvalue weighted by atomic mass is 32.1. The van der Waals surface area contributed by atoms with Crippen molar-refractivity contribution in [2.24, 2.45) is 5.92 Å². The Morgan fingerprint density at radius 1 is 0.922 bits per heavy atom. The Labute approximate surface area is 302 Å². The summed E-state index contributed by atoms with van der Waals surface area (Å²) < 4.78 is 3.42. The summed E-state index contributed by atoms with van der Waals surface area (Å²) in [5.41, 5.74) is 1.45. The molecule has 8 rings (SSSR count). The van der Waals surface area contributed by atoms with Crippen LogP contribution in [0.15, 0.2) is 90.2 Å². The second-order valence-corrected chi connectivity index (χ2v) is 15.6. The van der Waals surface area contributed by atoms with Gasteiger partial charge >= 0.3 is 0 Å². The third-order valence-electron chi connectivity index (χ3n) is 11.1. The van der Waals surface area contributed by atoms with Crippen molar-refractivity contribution in [2.45, 2.75) is 43.9 Å². The third kappa shape index (κ3) is 7.10. The van der Waals surface area contributed by atoms with Crippen molar-refractivity contribution in [3.63, 3.8) is 0 Å². The molecule has 5 aromatic rings. The van der Waals surface area contributed by atoms with Crippen LogP contribution in [0, 0.1) is 5.92 Å². The number of fused-ring (bicyclic) bond motifs is 1. The number of carbonyl (C=O) groups is 1. The van der Waals surface area contributed by atoms with Gasteiger partial charge in [-0.25, -0.2) is 9.97 Å². The number of amides is 1. The quantitative estimate of drug-likeness (QED) is 0.258. The zero-order valence-corrected chi connectivity index (χ0v) is 30.0. The summed E-state index contributed by atoms with van der Waals surface area (Å²) in [5.74, 6) is 0.126. The Balaban J connectivity index is 0.916. The molecule has 2 aromatic carbocycles. The van der Waals surface area contributed by atoms with E-state index in [1.54, 1.807) is 17.4 Å². The van der Waals surface area contributed by atoms with Gasteiger partial charge in [-0.3, -0.25) is 19.1 Å². The largest absolute Gasteiger partial charge is 0.388 e. The highest BCUT2D eigenvalue weighted by Gasteiger charge is 2.41. The van der Waals surface area contributed by atoms with E-state index in [0.717, 1.165) is 63.1 Å². The van der Waals surface area contributed by atoms with E-state index >= 15 is 0 Å². The van der Waals surface area contributed by atoms with Crippen LogP contribution in [0.25, 0.3) is 16.7 Å². The number of benzene rings is 2. The van der Waals surface area contributed by atoms with E-state index in [4.69, 9.17) is 4.98 Å². The Hall–Kier alpha value is -4.36. The van der Waals surface area contributed by atoms with Gasteiger partial charge in [0.05, 0.1) is 17.5 Å². The van der Waals surface area contributed by atoms with Gasteiger partial charge in [-0.1, -0.05) is 48.5 Å². The van der Waals surface area contributed by atoms with Crippen LogP contribution in [0.1, 0.15) is 35.6 Å². The van der Waals surface area contributed by atoms with Crippen LogP contribution in [0.2, 0.25) is 0 Å². The van der Waals surface area contributed by atoms with Gasteiger partial charge in [0.1, 0.15) is 6.33 Å². The number of aliphatic hydroxyl groups is 1. The lowest BCUT2D eigenvalue weighted by Crippen LogP contribution is -2.53. The lowest BCUT2D eigenvalue weighted by Gasteiger charge is -2.43. The van der Waals surface area contributed by atoms with E-state index in [-0.39, 0.29) is 29.8 Å². The second kappa shape index (κ2) is 14.3. The lowest BCUT2D eigenvalue weighted by molar-refractivity contribution is -0.142. The maximum absolute atomic E-state index is 14.2. The van der Waals surface area contributed by atoms with Gasteiger partial charge in [0.25, 0.3) is 5.56 Å². The molecule has 51 heavy (non-hydrogen) atoms. The molecule has 0 unspecified atom stereocenters. The number of thiazole rings is 1. The molecule has 0 spiro atoms. The topological polar surface area (TPSA) is 103 Å². The number of piperazine rings is 1. The predicted octanol–water partition coefficient (Wildman–Crippen LogP) is 4.05. The van der Waals surface area contributed by atoms with Crippen LogP contribution >= 0.6 is 11.3 Å². The molecule has 0 aliphatic carbocycles. The number of aromatic nitrogens is 4. The van der Waals surface area contributed by atoms with Crippen molar-refractivity contribution in [1.29, 1.82) is 0 Å². The first-order valence-electron chi connectivity index (χ1n) is 18.1. The summed E-state index contributed by atoms with van der Waals surface area (Å²) in [5, 5.41) is 13.3. The van der Waals surface area contributed by atoms with E-state index in [1.165, 1.54) is 21.3 Å². The first kappa shape index (κ1) is 33.8. The Bertz CT molecular complexity index is 2010. The lowest BCUT2D eigenvalue weighted by atomic mass is 9.79. The number of likely N-dealkylation sites (N-methyl/N-ethyl adjacent to an activating group) is 1. The molecule has 3 fully saturated rings. The molecule has 1 amide bonds. The Morgan fingerprint density at radius 2 is 1.65 bits per heavy atom. The third-order valence-corrected chi connectivity index (χ3v) is 12.2. The molecule has 12 heteroatoms. The van der Waals surface area contributed by atoms with Crippen LogP contribution in [-0.2, 0) is 17.9 Å². The first-order chi connectivity index (χ1) is 24.8. The number of likely N-dealkylation sites (tertiary alicyclic amines) is 2. The van der Waals surface area contributed by atoms with Crippen LogP contribution < -0.4 is 10.5 Å². The van der Waals surface area contributed by atoms with Crippen molar-refractivity contribution < 1.29 is 9.90 Å². The van der Waals surface area contributed by atoms with Gasteiger partial charge in [-0.05, 0) is 56.6 Å².